The first-order valence-corrected chi connectivity index (χ1v) is 6.33. The number of benzene rings is 2. The van der Waals surface area contributed by atoms with Gasteiger partial charge in [-0.25, -0.2) is 8.78 Å². The molecule has 0 aromatic heterocycles. The number of anilines is 1. The van der Waals surface area contributed by atoms with Crippen LogP contribution < -0.4 is 10.1 Å². The first-order valence-electron chi connectivity index (χ1n) is 6.33. The van der Waals surface area contributed by atoms with Crippen molar-refractivity contribution in [3.63, 3.8) is 0 Å². The van der Waals surface area contributed by atoms with Crippen molar-refractivity contribution in [3.05, 3.63) is 59.2 Å². The highest BCUT2D eigenvalue weighted by Gasteiger charge is 2.10. The Balaban J connectivity index is 2.21. The molecule has 2 rings (SSSR count). The van der Waals surface area contributed by atoms with Gasteiger partial charge in [-0.3, -0.25) is 0 Å². The summed E-state index contributed by atoms with van der Waals surface area (Å²) in [6.07, 6.45) is -2.49. The number of nitrogens with one attached hydrogen (secondary N) is 1. The van der Waals surface area contributed by atoms with Crippen LogP contribution in [0.2, 0.25) is 0 Å². The minimum Gasteiger partial charge on any atom is -0.495 e. The number of ether oxygens (including phenoxy) is 1. The van der Waals surface area contributed by atoms with Gasteiger partial charge in [0.05, 0.1) is 18.4 Å². The lowest BCUT2D eigenvalue weighted by Gasteiger charge is -2.13. The average molecular weight is 288 g/mol. The van der Waals surface area contributed by atoms with Crippen molar-refractivity contribution in [2.24, 2.45) is 0 Å². The van der Waals surface area contributed by atoms with E-state index in [1.807, 2.05) is 0 Å². The lowest BCUT2D eigenvalue weighted by atomic mass is 10.1. The third kappa shape index (κ3) is 3.48. The molecule has 0 aliphatic carbocycles. The third-order valence-corrected chi connectivity index (χ3v) is 3.04. The van der Waals surface area contributed by atoms with Crippen LogP contribution in [0, 0.1) is 11.3 Å². The molecule has 3 nitrogen and oxygen atoms in total. The number of nitriles is 1. The summed E-state index contributed by atoms with van der Waals surface area (Å²) in [6, 6.07) is 13.4. The van der Waals surface area contributed by atoms with Crippen LogP contribution in [0.15, 0.2) is 42.5 Å². The highest BCUT2D eigenvalue weighted by Crippen LogP contribution is 2.28. The van der Waals surface area contributed by atoms with E-state index in [4.69, 9.17) is 10.00 Å². The van der Waals surface area contributed by atoms with Crippen LogP contribution >= 0.6 is 0 Å². The van der Waals surface area contributed by atoms with Crippen LogP contribution in [0.25, 0.3) is 0 Å². The second-order valence-electron chi connectivity index (χ2n) is 4.39. The lowest BCUT2D eigenvalue weighted by molar-refractivity contribution is 0.151. The topological polar surface area (TPSA) is 45.0 Å². The van der Waals surface area contributed by atoms with Gasteiger partial charge in [0.15, 0.2) is 0 Å². The molecule has 1 N–H and O–H groups in total. The van der Waals surface area contributed by atoms with Gasteiger partial charge in [-0.15, -0.1) is 0 Å². The van der Waals surface area contributed by atoms with E-state index in [1.165, 1.54) is 19.2 Å². The molecule has 0 fully saturated rings. The molecule has 0 aliphatic heterocycles. The number of hydrogen-bond acceptors (Lipinski definition) is 3. The zero-order valence-electron chi connectivity index (χ0n) is 11.4. The molecule has 0 unspecified atom stereocenters. The molecule has 0 radical (unpaired) electrons. The van der Waals surface area contributed by atoms with Crippen LogP contribution in [0.3, 0.4) is 0 Å². The second-order valence-corrected chi connectivity index (χ2v) is 4.39. The molecule has 0 saturated heterocycles. The van der Waals surface area contributed by atoms with Crippen LogP contribution in [0.1, 0.15) is 23.1 Å². The number of nitrogens with zero attached hydrogens (tertiary/aromatic N) is 1. The standard InChI is InChI=1S/C16H14F2N2O/c1-21-14-7-3-6-13(9-19)15(14)20-10-11-4-2-5-12(8-11)16(17)18/h2-8,16,20H,10H2,1H3. The van der Waals surface area contributed by atoms with Gasteiger partial charge < -0.3 is 10.1 Å². The van der Waals surface area contributed by atoms with Gasteiger partial charge in [0.25, 0.3) is 6.43 Å². The first-order chi connectivity index (χ1) is 10.2. The summed E-state index contributed by atoms with van der Waals surface area (Å²) >= 11 is 0. The lowest BCUT2D eigenvalue weighted by Crippen LogP contribution is -2.04. The van der Waals surface area contributed by atoms with Gasteiger partial charge in [-0.1, -0.05) is 24.3 Å². The molecule has 0 spiro atoms. The number of hydrogen-bond donors (Lipinski definition) is 1. The Morgan fingerprint density at radius 2 is 2.00 bits per heavy atom. The monoisotopic (exact) mass is 288 g/mol. The predicted molar refractivity (Wildman–Crippen MR) is 76.4 cm³/mol. The summed E-state index contributed by atoms with van der Waals surface area (Å²) in [5, 5.41) is 12.2. The van der Waals surface area contributed by atoms with Gasteiger partial charge in [0.2, 0.25) is 0 Å². The smallest absolute Gasteiger partial charge is 0.263 e. The fourth-order valence-electron chi connectivity index (χ4n) is 2.01. The SMILES string of the molecule is COc1cccc(C#N)c1NCc1cccc(C(F)F)c1. The van der Waals surface area contributed by atoms with Crippen LogP contribution in [-0.2, 0) is 6.54 Å². The van der Waals surface area contributed by atoms with E-state index in [-0.39, 0.29) is 5.56 Å². The Kier molecular flexibility index (Phi) is 4.72. The number of para-hydroxylation sites is 1. The molecule has 21 heavy (non-hydrogen) atoms. The minimum atomic E-state index is -2.49. The van der Waals surface area contributed by atoms with E-state index in [0.29, 0.717) is 29.1 Å². The van der Waals surface area contributed by atoms with E-state index in [2.05, 4.69) is 11.4 Å². The number of methoxy groups -OCH3 is 1. The molecule has 108 valence electrons. The largest absolute Gasteiger partial charge is 0.495 e. The number of alkyl halides is 2. The van der Waals surface area contributed by atoms with Crippen molar-refractivity contribution < 1.29 is 13.5 Å². The summed E-state index contributed by atoms with van der Waals surface area (Å²) in [4.78, 5) is 0. The van der Waals surface area contributed by atoms with Crippen LogP contribution in [0.5, 0.6) is 5.75 Å². The maximum atomic E-state index is 12.7. The molecule has 0 aliphatic rings. The summed E-state index contributed by atoms with van der Waals surface area (Å²) in [6.45, 7) is 0.329. The van der Waals surface area contributed by atoms with Gasteiger partial charge in [0, 0.05) is 12.1 Å². The highest BCUT2D eigenvalue weighted by atomic mass is 19.3. The molecule has 0 bridgehead atoms. The van der Waals surface area contributed by atoms with Crippen molar-refractivity contribution in [2.75, 3.05) is 12.4 Å². The van der Waals surface area contributed by atoms with Crippen molar-refractivity contribution in [2.45, 2.75) is 13.0 Å². The number of rotatable bonds is 5. The van der Waals surface area contributed by atoms with E-state index >= 15 is 0 Å². The van der Waals surface area contributed by atoms with Crippen molar-refractivity contribution in [1.82, 2.24) is 0 Å². The predicted octanol–water partition coefficient (Wildman–Crippen LogP) is 4.12. The normalized spacial score (nSPS) is 10.2. The minimum absolute atomic E-state index is 0.0187. The maximum absolute atomic E-state index is 12.7. The molecule has 2 aromatic rings. The van der Waals surface area contributed by atoms with Crippen LogP contribution in [-0.4, -0.2) is 7.11 Å². The second kappa shape index (κ2) is 6.71. The van der Waals surface area contributed by atoms with Crippen LogP contribution in [0.4, 0.5) is 14.5 Å². The van der Waals surface area contributed by atoms with Crippen molar-refractivity contribution in [1.29, 1.82) is 5.26 Å². The highest BCUT2D eigenvalue weighted by molar-refractivity contribution is 5.66. The zero-order valence-corrected chi connectivity index (χ0v) is 11.4. The summed E-state index contributed by atoms with van der Waals surface area (Å²) in [7, 11) is 1.51. The Morgan fingerprint density at radius 1 is 1.24 bits per heavy atom. The first kappa shape index (κ1) is 14.8. The Bertz CT molecular complexity index is 666. The van der Waals surface area contributed by atoms with Crippen molar-refractivity contribution >= 4 is 5.69 Å². The van der Waals surface area contributed by atoms with Gasteiger partial charge >= 0.3 is 0 Å². The average Bonchev–Trinajstić information content (AvgIpc) is 2.52. The molecular formula is C16H14F2N2O. The third-order valence-electron chi connectivity index (χ3n) is 3.04. The fraction of sp³-hybridized carbons (Fsp3) is 0.188. The Hall–Kier alpha value is -2.61. The van der Waals surface area contributed by atoms with E-state index in [1.54, 1.807) is 30.3 Å². The Morgan fingerprint density at radius 3 is 2.67 bits per heavy atom. The number of halogens is 2. The molecule has 2 aromatic carbocycles. The van der Waals surface area contributed by atoms with Gasteiger partial charge in [-0.2, -0.15) is 5.26 Å². The zero-order chi connectivity index (χ0) is 15.2. The van der Waals surface area contributed by atoms with Gasteiger partial charge in [-0.05, 0) is 23.8 Å². The Labute approximate surface area is 121 Å². The van der Waals surface area contributed by atoms with E-state index in [9.17, 15) is 8.78 Å². The van der Waals surface area contributed by atoms with Gasteiger partial charge in [0.1, 0.15) is 11.8 Å². The molecule has 0 saturated carbocycles. The summed E-state index contributed by atoms with van der Waals surface area (Å²) in [5.74, 6) is 0.541. The molecular weight excluding hydrogens is 274 g/mol. The molecule has 5 heteroatoms. The summed E-state index contributed by atoms with van der Waals surface area (Å²) in [5.41, 5.74) is 1.70. The van der Waals surface area contributed by atoms with E-state index in [0.717, 1.165) is 0 Å². The fourth-order valence-corrected chi connectivity index (χ4v) is 2.01. The quantitative estimate of drug-likeness (QED) is 0.900. The van der Waals surface area contributed by atoms with E-state index < -0.39 is 6.43 Å². The molecule has 0 amide bonds. The molecule has 0 heterocycles. The maximum Gasteiger partial charge on any atom is 0.263 e. The van der Waals surface area contributed by atoms with Crippen molar-refractivity contribution in [3.8, 4) is 11.8 Å². The summed E-state index contributed by atoms with van der Waals surface area (Å²) < 4.78 is 30.5. The molecule has 0 atom stereocenters.